The lowest BCUT2D eigenvalue weighted by molar-refractivity contribution is -0.122. The van der Waals surface area contributed by atoms with Crippen molar-refractivity contribution in [3.63, 3.8) is 0 Å². The zero-order valence-corrected chi connectivity index (χ0v) is 20.4. The van der Waals surface area contributed by atoms with Gasteiger partial charge in [-0.05, 0) is 61.5 Å². The number of nitrogens with zero attached hydrogens (tertiary/aromatic N) is 4. The van der Waals surface area contributed by atoms with E-state index in [0.717, 1.165) is 27.7 Å². The lowest BCUT2D eigenvalue weighted by Crippen LogP contribution is -2.28. The third-order valence-corrected chi connectivity index (χ3v) is 7.05. The first-order chi connectivity index (χ1) is 17.1. The molecule has 1 saturated heterocycles. The number of aryl methyl sites for hydroxylation is 1. The average Bonchev–Trinajstić information content (AvgIpc) is 3.37. The number of hydrogen-bond acceptors (Lipinski definition) is 4. The van der Waals surface area contributed by atoms with Gasteiger partial charge >= 0.3 is 0 Å². The SMILES string of the molecule is CCN1C(=O)/C(=C\c2cn(Cc3ccccc3C#N)c3ccccc23)SC1=Nc1ccc(C)cc1. The molecule has 1 aliphatic heterocycles. The number of aliphatic imine (C=N–C) groups is 1. The topological polar surface area (TPSA) is 61.4 Å². The van der Waals surface area contributed by atoms with Crippen LogP contribution < -0.4 is 0 Å². The normalized spacial score (nSPS) is 15.9. The van der Waals surface area contributed by atoms with E-state index >= 15 is 0 Å². The lowest BCUT2D eigenvalue weighted by Gasteiger charge is -2.11. The highest BCUT2D eigenvalue weighted by molar-refractivity contribution is 8.18. The zero-order valence-electron chi connectivity index (χ0n) is 19.6. The first kappa shape index (κ1) is 22.7. The van der Waals surface area contributed by atoms with Crippen LogP contribution in [0.15, 0.2) is 88.9 Å². The van der Waals surface area contributed by atoms with Gasteiger partial charge in [-0.15, -0.1) is 0 Å². The summed E-state index contributed by atoms with van der Waals surface area (Å²) >= 11 is 1.41. The second-order valence-electron chi connectivity index (χ2n) is 8.39. The molecule has 1 aromatic heterocycles. The maximum Gasteiger partial charge on any atom is 0.266 e. The highest BCUT2D eigenvalue weighted by Gasteiger charge is 2.32. The number of likely N-dealkylation sites (N-methyl/N-ethyl adjacent to an activating group) is 1. The minimum absolute atomic E-state index is 0.0324. The van der Waals surface area contributed by atoms with E-state index in [4.69, 9.17) is 4.99 Å². The van der Waals surface area contributed by atoms with Crippen molar-refractivity contribution in [2.45, 2.75) is 20.4 Å². The molecule has 0 saturated carbocycles. The molecule has 0 bridgehead atoms. The van der Waals surface area contributed by atoms with E-state index in [-0.39, 0.29) is 5.91 Å². The molecule has 1 aliphatic rings. The minimum atomic E-state index is -0.0324. The van der Waals surface area contributed by atoms with Crippen molar-refractivity contribution < 1.29 is 4.79 Å². The van der Waals surface area contributed by atoms with Gasteiger partial charge in [0.15, 0.2) is 5.17 Å². The summed E-state index contributed by atoms with van der Waals surface area (Å²) in [7, 11) is 0. The lowest BCUT2D eigenvalue weighted by atomic mass is 10.1. The van der Waals surface area contributed by atoms with Crippen molar-refractivity contribution >= 4 is 45.5 Å². The van der Waals surface area contributed by atoms with Gasteiger partial charge < -0.3 is 4.57 Å². The van der Waals surface area contributed by atoms with E-state index in [1.54, 1.807) is 4.90 Å². The number of nitriles is 1. The van der Waals surface area contributed by atoms with Crippen LogP contribution in [0.5, 0.6) is 0 Å². The van der Waals surface area contributed by atoms with Crippen LogP contribution in [0, 0.1) is 18.3 Å². The number of thioether (sulfide) groups is 1. The number of amidine groups is 1. The second kappa shape index (κ2) is 9.65. The van der Waals surface area contributed by atoms with Gasteiger partial charge in [0.25, 0.3) is 5.91 Å². The molecule has 3 aromatic carbocycles. The van der Waals surface area contributed by atoms with Gasteiger partial charge in [-0.1, -0.05) is 54.1 Å². The van der Waals surface area contributed by atoms with Gasteiger partial charge in [-0.3, -0.25) is 9.69 Å². The number of rotatable bonds is 5. The van der Waals surface area contributed by atoms with E-state index in [1.165, 1.54) is 17.3 Å². The van der Waals surface area contributed by atoms with Crippen LogP contribution in [0.25, 0.3) is 17.0 Å². The molecule has 0 spiro atoms. The molecular weight excluding hydrogens is 452 g/mol. The molecule has 4 aromatic rings. The Balaban J connectivity index is 1.53. The van der Waals surface area contributed by atoms with Crippen LogP contribution in [0.1, 0.15) is 29.2 Å². The first-order valence-electron chi connectivity index (χ1n) is 11.5. The molecule has 1 fully saturated rings. The summed E-state index contributed by atoms with van der Waals surface area (Å²) in [5, 5.41) is 11.3. The van der Waals surface area contributed by atoms with Crippen LogP contribution >= 0.6 is 11.8 Å². The number of aromatic nitrogens is 1. The molecule has 0 radical (unpaired) electrons. The molecule has 0 unspecified atom stereocenters. The van der Waals surface area contributed by atoms with Crippen molar-refractivity contribution in [1.82, 2.24) is 9.47 Å². The molecule has 6 heteroatoms. The van der Waals surface area contributed by atoms with Gasteiger partial charge in [-0.25, -0.2) is 4.99 Å². The molecule has 0 aliphatic carbocycles. The third kappa shape index (κ3) is 4.51. The molecule has 2 heterocycles. The molecule has 0 atom stereocenters. The number of carbonyl (C=O) groups excluding carboxylic acids is 1. The Bertz CT molecular complexity index is 1520. The molecule has 35 heavy (non-hydrogen) atoms. The Kier molecular flexibility index (Phi) is 6.26. The van der Waals surface area contributed by atoms with Crippen LogP contribution in [0.3, 0.4) is 0 Å². The van der Waals surface area contributed by atoms with Crippen LogP contribution in [0.2, 0.25) is 0 Å². The Morgan fingerprint density at radius 2 is 1.77 bits per heavy atom. The van der Waals surface area contributed by atoms with E-state index in [2.05, 4.69) is 29.0 Å². The predicted octanol–water partition coefficient (Wildman–Crippen LogP) is 6.49. The predicted molar refractivity (Wildman–Crippen MR) is 143 cm³/mol. The Hall–Kier alpha value is -4.08. The maximum absolute atomic E-state index is 13.2. The third-order valence-electron chi connectivity index (χ3n) is 6.05. The quantitative estimate of drug-likeness (QED) is 0.309. The first-order valence-corrected chi connectivity index (χ1v) is 12.3. The highest BCUT2D eigenvalue weighted by atomic mass is 32.2. The van der Waals surface area contributed by atoms with Crippen LogP contribution in [-0.2, 0) is 11.3 Å². The van der Waals surface area contributed by atoms with Crippen molar-refractivity contribution in [3.8, 4) is 6.07 Å². The van der Waals surface area contributed by atoms with E-state index in [9.17, 15) is 10.1 Å². The zero-order chi connectivity index (χ0) is 24.4. The van der Waals surface area contributed by atoms with Crippen molar-refractivity contribution in [3.05, 3.63) is 106 Å². The summed E-state index contributed by atoms with van der Waals surface area (Å²) < 4.78 is 2.14. The summed E-state index contributed by atoms with van der Waals surface area (Å²) in [5.41, 5.74) is 5.67. The number of hydrogen-bond donors (Lipinski definition) is 0. The van der Waals surface area contributed by atoms with E-state index < -0.39 is 0 Å². The molecule has 0 N–H and O–H groups in total. The fourth-order valence-corrected chi connectivity index (χ4v) is 5.27. The monoisotopic (exact) mass is 476 g/mol. The standard InChI is InChI=1S/C29H24N4OS/c1-3-33-28(34)27(35-29(33)31-24-14-12-20(2)13-15-24)16-23-19-32(26-11-7-6-10-25(23)26)18-22-9-5-4-8-21(22)17-30/h4-16,19H,3,18H2,1-2H3/b27-16+,31-29?. The van der Waals surface area contributed by atoms with E-state index in [1.807, 2.05) is 80.6 Å². The largest absolute Gasteiger partial charge is 0.342 e. The van der Waals surface area contributed by atoms with Gasteiger partial charge in [0, 0.05) is 35.8 Å². The second-order valence-corrected chi connectivity index (χ2v) is 9.40. The smallest absolute Gasteiger partial charge is 0.266 e. The number of para-hydroxylation sites is 1. The van der Waals surface area contributed by atoms with Gasteiger partial charge in [0.2, 0.25) is 0 Å². The Labute approximate surface area is 209 Å². The summed E-state index contributed by atoms with van der Waals surface area (Å²) in [4.78, 5) is 20.3. The van der Waals surface area contributed by atoms with Gasteiger partial charge in [0.1, 0.15) is 0 Å². The number of amides is 1. The fourth-order valence-electron chi connectivity index (χ4n) is 4.21. The van der Waals surface area contributed by atoms with E-state index in [0.29, 0.717) is 28.7 Å². The fraction of sp³-hybridized carbons (Fsp3) is 0.138. The molecular formula is C29H24N4OS. The Morgan fingerprint density at radius 1 is 1.03 bits per heavy atom. The summed E-state index contributed by atoms with van der Waals surface area (Å²) in [6.45, 7) is 5.14. The number of benzene rings is 3. The number of fused-ring (bicyclic) bond motifs is 1. The maximum atomic E-state index is 13.2. The van der Waals surface area contributed by atoms with Crippen LogP contribution in [0.4, 0.5) is 5.69 Å². The molecule has 1 amide bonds. The summed E-state index contributed by atoms with van der Waals surface area (Å²) in [6.07, 6.45) is 4.02. The summed E-state index contributed by atoms with van der Waals surface area (Å²) in [5.74, 6) is -0.0324. The molecule has 5 nitrogen and oxygen atoms in total. The average molecular weight is 477 g/mol. The van der Waals surface area contributed by atoms with Gasteiger partial charge in [0.05, 0.1) is 22.2 Å². The summed E-state index contributed by atoms with van der Waals surface area (Å²) in [6, 6.07) is 26.1. The van der Waals surface area contributed by atoms with Crippen molar-refractivity contribution in [2.75, 3.05) is 6.54 Å². The van der Waals surface area contributed by atoms with Crippen molar-refractivity contribution in [2.24, 2.45) is 4.99 Å². The van der Waals surface area contributed by atoms with Gasteiger partial charge in [-0.2, -0.15) is 5.26 Å². The minimum Gasteiger partial charge on any atom is -0.342 e. The highest BCUT2D eigenvalue weighted by Crippen LogP contribution is 2.35. The molecule has 5 rings (SSSR count). The Morgan fingerprint density at radius 3 is 2.54 bits per heavy atom. The molecule has 172 valence electrons. The number of carbonyl (C=O) groups is 1. The van der Waals surface area contributed by atoms with Crippen molar-refractivity contribution in [1.29, 1.82) is 5.26 Å². The van der Waals surface area contributed by atoms with Crippen LogP contribution in [-0.4, -0.2) is 27.1 Å².